The third-order valence-corrected chi connectivity index (χ3v) is 7.33. The van der Waals surface area contributed by atoms with E-state index in [-0.39, 0.29) is 35.3 Å². The average molecular weight is 553 g/mol. The van der Waals surface area contributed by atoms with Gasteiger partial charge in [-0.1, -0.05) is 12.1 Å². The molecule has 0 atom stereocenters. The molecule has 1 fully saturated rings. The number of benzene rings is 2. The zero-order chi connectivity index (χ0) is 28.0. The quantitative estimate of drug-likeness (QED) is 0.261. The van der Waals surface area contributed by atoms with Gasteiger partial charge < -0.3 is 9.32 Å². The van der Waals surface area contributed by atoms with Crippen molar-refractivity contribution in [1.82, 2.24) is 29.2 Å². The van der Waals surface area contributed by atoms with Crippen LogP contribution in [0.2, 0.25) is 0 Å². The molecule has 0 aliphatic carbocycles. The minimum absolute atomic E-state index is 0.103. The number of alkyl halides is 2. The van der Waals surface area contributed by atoms with Crippen molar-refractivity contribution in [2.24, 2.45) is 0 Å². The van der Waals surface area contributed by atoms with Crippen LogP contribution >= 0.6 is 0 Å². The lowest BCUT2D eigenvalue weighted by molar-refractivity contribution is 0.116. The topological polar surface area (TPSA) is 82.0 Å². The highest BCUT2D eigenvalue weighted by Gasteiger charge is 2.26. The number of halogens is 4. The van der Waals surface area contributed by atoms with Crippen molar-refractivity contribution in [2.75, 3.05) is 20.1 Å². The number of fused-ring (bicyclic) bond motifs is 1. The highest BCUT2D eigenvalue weighted by Crippen LogP contribution is 2.32. The van der Waals surface area contributed by atoms with Gasteiger partial charge in [-0.3, -0.25) is 14.1 Å². The van der Waals surface area contributed by atoms with Gasteiger partial charge in [0.1, 0.15) is 11.6 Å². The highest BCUT2D eigenvalue weighted by molar-refractivity contribution is 5.83. The van der Waals surface area contributed by atoms with Gasteiger partial charge in [-0.25, -0.2) is 13.6 Å². The lowest BCUT2D eigenvalue weighted by Crippen LogP contribution is -2.36. The van der Waals surface area contributed by atoms with Crippen molar-refractivity contribution in [3.05, 3.63) is 88.4 Å². The van der Waals surface area contributed by atoms with Crippen molar-refractivity contribution in [1.29, 1.82) is 0 Å². The number of pyridine rings is 1. The highest BCUT2D eigenvalue weighted by atomic mass is 19.3. The molecule has 4 heterocycles. The molecule has 2 aromatic carbocycles. The number of hydrogen-bond acceptors (Lipinski definition) is 6. The van der Waals surface area contributed by atoms with Crippen molar-refractivity contribution >= 4 is 11.0 Å². The molecule has 0 N–H and O–H groups in total. The van der Waals surface area contributed by atoms with Crippen LogP contribution in [0.4, 0.5) is 17.6 Å². The summed E-state index contributed by atoms with van der Waals surface area (Å²) in [5, 5.41) is 6.82. The van der Waals surface area contributed by atoms with Gasteiger partial charge in [0.15, 0.2) is 0 Å². The van der Waals surface area contributed by atoms with Crippen LogP contribution in [-0.2, 0) is 6.54 Å². The van der Waals surface area contributed by atoms with E-state index in [0.29, 0.717) is 22.2 Å². The summed E-state index contributed by atoms with van der Waals surface area (Å²) in [6, 6.07) is 10.3. The Morgan fingerprint density at radius 1 is 1.00 bits per heavy atom. The summed E-state index contributed by atoms with van der Waals surface area (Å²) in [6.45, 7) is 1.44. The monoisotopic (exact) mass is 552 g/mol. The van der Waals surface area contributed by atoms with Gasteiger partial charge in [-0.15, -0.1) is 10.2 Å². The first kappa shape index (κ1) is 25.9. The van der Waals surface area contributed by atoms with Crippen LogP contribution in [0.3, 0.4) is 0 Å². The zero-order valence-corrected chi connectivity index (χ0v) is 21.4. The molecule has 3 aromatic heterocycles. The molecular formula is C28H24F4N6O2. The largest absolute Gasteiger partial charge is 0.415 e. The lowest BCUT2D eigenvalue weighted by Gasteiger charge is -2.29. The second-order valence-corrected chi connectivity index (χ2v) is 9.89. The molecule has 0 amide bonds. The first-order valence-electron chi connectivity index (χ1n) is 12.7. The molecule has 40 heavy (non-hydrogen) atoms. The van der Waals surface area contributed by atoms with Crippen LogP contribution in [0.5, 0.6) is 0 Å². The van der Waals surface area contributed by atoms with E-state index in [2.05, 4.69) is 20.1 Å². The Morgan fingerprint density at radius 2 is 1.80 bits per heavy atom. The van der Waals surface area contributed by atoms with Gasteiger partial charge in [0.25, 0.3) is 5.89 Å². The number of likely N-dealkylation sites (tertiary alicyclic amines) is 1. The maximum Gasteiger partial charge on any atom is 0.329 e. The molecule has 0 spiro atoms. The second kappa shape index (κ2) is 10.3. The van der Waals surface area contributed by atoms with Gasteiger partial charge >= 0.3 is 12.1 Å². The Labute approximate surface area is 225 Å². The summed E-state index contributed by atoms with van der Waals surface area (Å²) < 4.78 is 64.3. The standard InChI is InChI=1S/C28H24F4N6O2/c1-36-9-6-19(7-10-36)38-24-12-20(17-3-2-8-33-14-17)22(30)13-23(24)37(28(38)39)15-18-5-4-16(11-21(18)29)26-34-35-27(40-26)25(31)32/h2-5,8,11-14,19,25H,6-7,9-10,15H2,1H3. The second-order valence-electron chi connectivity index (χ2n) is 9.89. The third kappa shape index (κ3) is 4.68. The smallest absolute Gasteiger partial charge is 0.329 e. The third-order valence-electron chi connectivity index (χ3n) is 7.33. The summed E-state index contributed by atoms with van der Waals surface area (Å²) in [5.74, 6) is -2.34. The van der Waals surface area contributed by atoms with Gasteiger partial charge in [0.05, 0.1) is 17.6 Å². The molecule has 0 bridgehead atoms. The molecule has 1 aliphatic rings. The Kier molecular flexibility index (Phi) is 6.70. The normalized spacial score (nSPS) is 14.9. The van der Waals surface area contributed by atoms with Gasteiger partial charge in [-0.2, -0.15) is 8.78 Å². The Morgan fingerprint density at radius 3 is 2.48 bits per heavy atom. The van der Waals surface area contributed by atoms with Crippen molar-refractivity contribution in [2.45, 2.75) is 31.9 Å². The first-order valence-corrected chi connectivity index (χ1v) is 12.7. The fourth-order valence-corrected chi connectivity index (χ4v) is 5.22. The van der Waals surface area contributed by atoms with Crippen LogP contribution in [0.15, 0.2) is 64.1 Å². The molecule has 1 aliphatic heterocycles. The summed E-state index contributed by atoms with van der Waals surface area (Å²) in [4.78, 5) is 20.1. The molecule has 8 nitrogen and oxygen atoms in total. The van der Waals surface area contributed by atoms with Crippen LogP contribution < -0.4 is 5.69 Å². The number of rotatable bonds is 6. The fourth-order valence-electron chi connectivity index (χ4n) is 5.22. The number of piperidine rings is 1. The minimum Gasteiger partial charge on any atom is -0.415 e. The molecular weight excluding hydrogens is 528 g/mol. The Hall–Kier alpha value is -4.32. The predicted molar refractivity (Wildman–Crippen MR) is 139 cm³/mol. The van der Waals surface area contributed by atoms with Crippen molar-refractivity contribution < 1.29 is 22.0 Å². The Balaban J connectivity index is 1.44. The molecule has 0 unspecified atom stereocenters. The van der Waals surface area contributed by atoms with Crippen molar-refractivity contribution in [3.8, 4) is 22.6 Å². The van der Waals surface area contributed by atoms with Crippen LogP contribution in [-0.4, -0.2) is 49.4 Å². The van der Waals surface area contributed by atoms with Crippen LogP contribution in [0, 0.1) is 11.6 Å². The maximum absolute atomic E-state index is 15.4. The Bertz CT molecular complexity index is 1740. The van der Waals surface area contributed by atoms with Crippen molar-refractivity contribution in [3.63, 3.8) is 0 Å². The minimum atomic E-state index is -2.95. The SMILES string of the molecule is CN1CCC(n2c(=O)n(Cc3ccc(-c4nnc(C(F)F)o4)cc3F)c3cc(F)c(-c4cccnc4)cc32)CC1. The predicted octanol–water partition coefficient (Wildman–Crippen LogP) is 5.45. The molecule has 12 heteroatoms. The van der Waals surface area contributed by atoms with Crippen LogP contribution in [0.1, 0.15) is 36.8 Å². The number of imidazole rings is 1. The number of nitrogens with zero attached hydrogens (tertiary/aromatic N) is 6. The summed E-state index contributed by atoms with van der Waals surface area (Å²) in [7, 11) is 2.02. The summed E-state index contributed by atoms with van der Waals surface area (Å²) >= 11 is 0. The van der Waals surface area contributed by atoms with Gasteiger partial charge in [-0.05, 0) is 57.2 Å². The first-order chi connectivity index (χ1) is 19.3. The van der Waals surface area contributed by atoms with E-state index in [1.54, 1.807) is 35.2 Å². The fraction of sp³-hybridized carbons (Fsp3) is 0.286. The molecule has 1 saturated heterocycles. The average Bonchev–Trinajstić information content (AvgIpc) is 3.54. The van der Waals surface area contributed by atoms with E-state index < -0.39 is 24.0 Å². The molecule has 0 saturated carbocycles. The maximum atomic E-state index is 15.4. The van der Waals surface area contributed by atoms with E-state index in [9.17, 15) is 13.6 Å². The van der Waals surface area contributed by atoms with Gasteiger partial charge in [0, 0.05) is 46.8 Å². The summed E-state index contributed by atoms with van der Waals surface area (Å²) in [6.07, 6.45) is 1.69. The van der Waals surface area contributed by atoms with E-state index in [1.165, 1.54) is 22.8 Å². The summed E-state index contributed by atoms with van der Waals surface area (Å²) in [5.41, 5.74) is 1.70. The zero-order valence-electron chi connectivity index (χ0n) is 21.4. The number of aromatic nitrogens is 5. The van der Waals surface area contributed by atoms with E-state index in [1.807, 2.05) is 7.05 Å². The molecule has 206 valence electrons. The van der Waals surface area contributed by atoms with E-state index >= 15 is 8.78 Å². The van der Waals surface area contributed by atoms with E-state index in [4.69, 9.17) is 4.42 Å². The van der Waals surface area contributed by atoms with Crippen LogP contribution in [0.25, 0.3) is 33.6 Å². The molecule has 0 radical (unpaired) electrons. The van der Waals surface area contributed by atoms with E-state index in [0.717, 1.165) is 32.0 Å². The van der Waals surface area contributed by atoms with Gasteiger partial charge in [0.2, 0.25) is 5.89 Å². The molecule has 6 rings (SSSR count). The molecule has 5 aromatic rings. The lowest BCUT2D eigenvalue weighted by atomic mass is 10.0. The number of hydrogen-bond donors (Lipinski definition) is 0.